The van der Waals surface area contributed by atoms with E-state index in [1.54, 1.807) is 7.11 Å². The van der Waals surface area contributed by atoms with Crippen LogP contribution in [-0.4, -0.2) is 31.1 Å². The van der Waals surface area contributed by atoms with Crippen LogP contribution in [0.2, 0.25) is 0 Å². The summed E-state index contributed by atoms with van der Waals surface area (Å²) in [6.07, 6.45) is 3.25. The summed E-state index contributed by atoms with van der Waals surface area (Å²) in [4.78, 5) is 2.44. The van der Waals surface area contributed by atoms with Crippen molar-refractivity contribution in [2.45, 2.75) is 44.7 Å². The van der Waals surface area contributed by atoms with Gasteiger partial charge in [-0.1, -0.05) is 6.07 Å². The molecule has 0 saturated carbocycles. The predicted molar refractivity (Wildman–Crippen MR) is 79.6 cm³/mol. The Morgan fingerprint density at radius 2 is 2.16 bits per heavy atom. The van der Waals surface area contributed by atoms with Crippen LogP contribution in [0.3, 0.4) is 0 Å². The van der Waals surface area contributed by atoms with Crippen molar-refractivity contribution in [2.24, 2.45) is 5.73 Å². The molecule has 0 aromatic heterocycles. The minimum absolute atomic E-state index is 0.0999. The second-order valence-corrected chi connectivity index (χ2v) is 6.34. The van der Waals surface area contributed by atoms with Gasteiger partial charge in [-0.25, -0.2) is 0 Å². The molecule has 19 heavy (non-hydrogen) atoms. The van der Waals surface area contributed by atoms with Gasteiger partial charge < -0.3 is 10.5 Å². The third kappa shape index (κ3) is 3.48. The summed E-state index contributed by atoms with van der Waals surface area (Å²) in [7, 11) is 3.93. The summed E-state index contributed by atoms with van der Waals surface area (Å²) in [5.41, 5.74) is 8.90. The molecule has 0 radical (unpaired) electrons. The van der Waals surface area contributed by atoms with Gasteiger partial charge in [0, 0.05) is 18.1 Å². The lowest BCUT2D eigenvalue weighted by atomic mass is 9.87. The van der Waals surface area contributed by atoms with Gasteiger partial charge in [0.15, 0.2) is 0 Å². The number of hydrogen-bond donors (Lipinski definition) is 1. The van der Waals surface area contributed by atoms with Crippen LogP contribution >= 0.6 is 0 Å². The fourth-order valence-corrected chi connectivity index (χ4v) is 2.81. The number of fused-ring (bicyclic) bond motifs is 1. The summed E-state index contributed by atoms with van der Waals surface area (Å²) >= 11 is 0. The standard InChI is InChI=1S/C16H26N2O/c1-16(2,17)9-7-15-14-11-13(19-4)6-5-12(14)8-10-18(15)3/h5-6,11,15H,7-10,17H2,1-4H3. The molecule has 2 rings (SSSR count). The number of rotatable bonds is 4. The van der Waals surface area contributed by atoms with E-state index in [0.717, 1.165) is 31.6 Å². The Balaban J connectivity index is 2.23. The molecular weight excluding hydrogens is 236 g/mol. The number of ether oxygens (including phenoxy) is 1. The number of benzene rings is 1. The number of nitrogens with two attached hydrogens (primary N) is 1. The van der Waals surface area contributed by atoms with E-state index in [-0.39, 0.29) is 5.54 Å². The lowest BCUT2D eigenvalue weighted by Crippen LogP contribution is -2.36. The third-order valence-electron chi connectivity index (χ3n) is 4.04. The van der Waals surface area contributed by atoms with Crippen LogP contribution in [0.4, 0.5) is 0 Å². The maximum Gasteiger partial charge on any atom is 0.119 e. The van der Waals surface area contributed by atoms with Crippen LogP contribution in [0, 0.1) is 0 Å². The summed E-state index contributed by atoms with van der Waals surface area (Å²) in [5, 5.41) is 0. The van der Waals surface area contributed by atoms with Crippen LogP contribution in [0.5, 0.6) is 5.75 Å². The van der Waals surface area contributed by atoms with E-state index < -0.39 is 0 Å². The Morgan fingerprint density at radius 1 is 1.42 bits per heavy atom. The molecule has 0 aliphatic carbocycles. The lowest BCUT2D eigenvalue weighted by molar-refractivity contribution is 0.205. The van der Waals surface area contributed by atoms with Crippen molar-refractivity contribution in [1.29, 1.82) is 0 Å². The average Bonchev–Trinajstić information content (AvgIpc) is 2.35. The fourth-order valence-electron chi connectivity index (χ4n) is 2.81. The molecule has 0 saturated heterocycles. The zero-order chi connectivity index (χ0) is 14.0. The first-order chi connectivity index (χ1) is 8.90. The van der Waals surface area contributed by atoms with Crippen LogP contribution < -0.4 is 10.5 Å². The van der Waals surface area contributed by atoms with Gasteiger partial charge in [0.05, 0.1) is 7.11 Å². The highest BCUT2D eigenvalue weighted by atomic mass is 16.5. The molecule has 1 aliphatic rings. The average molecular weight is 262 g/mol. The second-order valence-electron chi connectivity index (χ2n) is 6.34. The number of hydrogen-bond acceptors (Lipinski definition) is 3. The molecule has 2 N–H and O–H groups in total. The SMILES string of the molecule is COc1ccc2c(c1)C(CCC(C)(C)N)N(C)CC2. The molecule has 0 spiro atoms. The Morgan fingerprint density at radius 3 is 2.79 bits per heavy atom. The largest absolute Gasteiger partial charge is 0.497 e. The van der Waals surface area contributed by atoms with E-state index in [9.17, 15) is 0 Å². The first-order valence-corrected chi connectivity index (χ1v) is 7.06. The van der Waals surface area contributed by atoms with Crippen molar-refractivity contribution in [3.05, 3.63) is 29.3 Å². The zero-order valence-corrected chi connectivity index (χ0v) is 12.6. The number of nitrogens with zero attached hydrogens (tertiary/aromatic N) is 1. The van der Waals surface area contributed by atoms with Crippen molar-refractivity contribution in [1.82, 2.24) is 4.90 Å². The summed E-state index contributed by atoms with van der Waals surface area (Å²) in [6.45, 7) is 5.32. The molecule has 0 fully saturated rings. The zero-order valence-electron chi connectivity index (χ0n) is 12.6. The summed E-state index contributed by atoms with van der Waals surface area (Å²) in [5.74, 6) is 0.950. The van der Waals surface area contributed by atoms with Gasteiger partial charge in [-0.2, -0.15) is 0 Å². The molecule has 106 valence electrons. The van der Waals surface area contributed by atoms with Crippen molar-refractivity contribution in [2.75, 3.05) is 20.7 Å². The molecule has 3 heteroatoms. The molecule has 1 aliphatic heterocycles. The maximum absolute atomic E-state index is 6.13. The van der Waals surface area contributed by atoms with Crippen molar-refractivity contribution in [3.63, 3.8) is 0 Å². The smallest absolute Gasteiger partial charge is 0.119 e. The molecular formula is C16H26N2O. The highest BCUT2D eigenvalue weighted by Crippen LogP contribution is 2.35. The third-order valence-corrected chi connectivity index (χ3v) is 4.04. The Bertz CT molecular complexity index is 437. The second kappa shape index (κ2) is 5.51. The van der Waals surface area contributed by atoms with E-state index >= 15 is 0 Å². The van der Waals surface area contributed by atoms with Gasteiger partial charge in [-0.3, -0.25) is 4.90 Å². The van der Waals surface area contributed by atoms with E-state index in [1.807, 2.05) is 0 Å². The molecule has 1 heterocycles. The first kappa shape index (κ1) is 14.4. The minimum atomic E-state index is -0.0999. The Hall–Kier alpha value is -1.06. The Kier molecular flexibility index (Phi) is 4.16. The fraction of sp³-hybridized carbons (Fsp3) is 0.625. The highest BCUT2D eigenvalue weighted by Gasteiger charge is 2.26. The van der Waals surface area contributed by atoms with Crippen LogP contribution in [-0.2, 0) is 6.42 Å². The van der Waals surface area contributed by atoms with Gasteiger partial charge in [0.1, 0.15) is 5.75 Å². The van der Waals surface area contributed by atoms with Gasteiger partial charge in [0.25, 0.3) is 0 Å². The molecule has 0 amide bonds. The quantitative estimate of drug-likeness (QED) is 0.906. The molecule has 0 bridgehead atoms. The van der Waals surface area contributed by atoms with Gasteiger partial charge in [-0.15, -0.1) is 0 Å². The van der Waals surface area contributed by atoms with Gasteiger partial charge in [0.2, 0.25) is 0 Å². The Labute approximate surface area is 116 Å². The number of methoxy groups -OCH3 is 1. The molecule has 1 aromatic carbocycles. The summed E-state index contributed by atoms with van der Waals surface area (Å²) in [6, 6.07) is 6.93. The van der Waals surface area contributed by atoms with Crippen molar-refractivity contribution >= 4 is 0 Å². The first-order valence-electron chi connectivity index (χ1n) is 7.06. The van der Waals surface area contributed by atoms with E-state index in [0.29, 0.717) is 6.04 Å². The van der Waals surface area contributed by atoms with Crippen LogP contribution in [0.15, 0.2) is 18.2 Å². The molecule has 1 unspecified atom stereocenters. The van der Waals surface area contributed by atoms with Gasteiger partial charge >= 0.3 is 0 Å². The monoisotopic (exact) mass is 262 g/mol. The van der Waals surface area contributed by atoms with Crippen LogP contribution in [0.1, 0.15) is 43.9 Å². The molecule has 3 nitrogen and oxygen atoms in total. The minimum Gasteiger partial charge on any atom is -0.497 e. The van der Waals surface area contributed by atoms with Gasteiger partial charge in [-0.05, 0) is 63.4 Å². The van der Waals surface area contributed by atoms with E-state index in [2.05, 4.69) is 44.0 Å². The van der Waals surface area contributed by atoms with E-state index in [1.165, 1.54) is 11.1 Å². The summed E-state index contributed by atoms with van der Waals surface area (Å²) < 4.78 is 5.37. The van der Waals surface area contributed by atoms with Crippen molar-refractivity contribution < 1.29 is 4.74 Å². The lowest BCUT2D eigenvalue weighted by Gasteiger charge is -2.36. The maximum atomic E-state index is 6.13. The van der Waals surface area contributed by atoms with Crippen LogP contribution in [0.25, 0.3) is 0 Å². The highest BCUT2D eigenvalue weighted by molar-refractivity contribution is 5.39. The van der Waals surface area contributed by atoms with Crippen molar-refractivity contribution in [3.8, 4) is 5.75 Å². The molecule has 1 atom stereocenters. The topological polar surface area (TPSA) is 38.5 Å². The number of likely N-dealkylation sites (N-methyl/N-ethyl adjacent to an activating group) is 1. The van der Waals surface area contributed by atoms with E-state index in [4.69, 9.17) is 10.5 Å². The predicted octanol–water partition coefficient (Wildman–Crippen LogP) is 2.74. The normalized spacial score (nSPS) is 20.2. The molecule has 1 aromatic rings.